The van der Waals surface area contributed by atoms with E-state index >= 15 is 0 Å². The molecule has 0 unspecified atom stereocenters. The zero-order valence-electron chi connectivity index (χ0n) is 20.4. The summed E-state index contributed by atoms with van der Waals surface area (Å²) in [5, 5.41) is 12.1. The monoisotopic (exact) mass is 544 g/mol. The van der Waals surface area contributed by atoms with Crippen LogP contribution in [0.1, 0.15) is 40.5 Å². The van der Waals surface area contributed by atoms with E-state index in [-0.39, 0.29) is 11.3 Å². The second-order valence-electron chi connectivity index (χ2n) is 10.6. The fourth-order valence-corrected chi connectivity index (χ4v) is 19.1. The minimum absolute atomic E-state index is 0.0255. The normalized spacial score (nSPS) is 23.5. The zero-order chi connectivity index (χ0) is 23.7. The van der Waals surface area contributed by atoms with Crippen LogP contribution in [0.15, 0.2) is 113 Å². The summed E-state index contributed by atoms with van der Waals surface area (Å²) < 4.78 is 6.82. The molecule has 170 valence electrons. The van der Waals surface area contributed by atoms with E-state index in [1.165, 1.54) is 16.3 Å². The van der Waals surface area contributed by atoms with Crippen molar-refractivity contribution in [2.75, 3.05) is 0 Å². The predicted octanol–water partition coefficient (Wildman–Crippen LogP) is 5.39. The first-order valence-electron chi connectivity index (χ1n) is 12.0. The molecule has 1 aliphatic carbocycles. The molecule has 2 atom stereocenters. The second kappa shape index (κ2) is 9.27. The Bertz CT molecular complexity index is 1030. The van der Waals surface area contributed by atoms with Gasteiger partial charge in [-0.3, -0.25) is 0 Å². The van der Waals surface area contributed by atoms with Gasteiger partial charge in [0.1, 0.15) is 0 Å². The number of hydrogen-bond donors (Lipinski definition) is 1. The molecule has 2 heteroatoms. The zero-order valence-corrected chi connectivity index (χ0v) is 23.2. The quantitative estimate of drug-likeness (QED) is 0.327. The Labute approximate surface area is 203 Å². The Morgan fingerprint density at radius 1 is 0.879 bits per heavy atom. The Morgan fingerprint density at radius 2 is 1.27 bits per heavy atom. The SMILES string of the molecule is C=C(C)C[C@@]1(O)CC(C)(C)[C@H](C)/C1=[CH]/[Sn]([c]1ccccc1)([c]1ccccc1)[c]1ccccc1. The molecule has 1 saturated carbocycles. The van der Waals surface area contributed by atoms with Gasteiger partial charge in [0.25, 0.3) is 0 Å². The molecule has 0 spiro atoms. The second-order valence-corrected chi connectivity index (χ2v) is 20.9. The summed E-state index contributed by atoms with van der Waals surface area (Å²) in [6, 6.07) is 33.1. The van der Waals surface area contributed by atoms with Crippen molar-refractivity contribution < 1.29 is 5.11 Å². The van der Waals surface area contributed by atoms with Crippen molar-refractivity contribution in [2.24, 2.45) is 11.3 Å². The Balaban J connectivity index is 2.09. The van der Waals surface area contributed by atoms with Gasteiger partial charge >= 0.3 is 205 Å². The van der Waals surface area contributed by atoms with E-state index in [0.717, 1.165) is 12.0 Å². The van der Waals surface area contributed by atoms with Crippen LogP contribution in [0.5, 0.6) is 0 Å². The molecule has 1 aliphatic rings. The molecule has 0 radical (unpaired) electrons. The van der Waals surface area contributed by atoms with Gasteiger partial charge in [-0.15, -0.1) is 0 Å². The first-order valence-corrected chi connectivity index (χ1v) is 17.9. The molecule has 4 rings (SSSR count). The van der Waals surface area contributed by atoms with Gasteiger partial charge in [0, 0.05) is 0 Å². The van der Waals surface area contributed by atoms with E-state index in [4.69, 9.17) is 0 Å². The third-order valence-corrected chi connectivity index (χ3v) is 20.4. The molecular formula is C31H36OSn. The van der Waals surface area contributed by atoms with Crippen LogP contribution < -0.4 is 10.7 Å². The van der Waals surface area contributed by atoms with Crippen LogP contribution in [-0.2, 0) is 0 Å². The number of aliphatic hydroxyl groups is 1. The maximum absolute atomic E-state index is 12.1. The molecule has 1 N–H and O–H groups in total. The van der Waals surface area contributed by atoms with Crippen LogP contribution in [0.25, 0.3) is 0 Å². The average molecular weight is 543 g/mol. The molecule has 3 aromatic rings. The fourth-order valence-electron chi connectivity index (χ4n) is 5.84. The predicted molar refractivity (Wildman–Crippen MR) is 144 cm³/mol. The molecule has 0 aliphatic heterocycles. The summed E-state index contributed by atoms with van der Waals surface area (Å²) in [5.74, 6) is 0.286. The molecule has 3 aromatic carbocycles. The summed E-state index contributed by atoms with van der Waals surface area (Å²) in [6.07, 6.45) is 1.38. The average Bonchev–Trinajstić information content (AvgIpc) is 2.96. The van der Waals surface area contributed by atoms with Gasteiger partial charge in [0.2, 0.25) is 0 Å². The van der Waals surface area contributed by atoms with Crippen molar-refractivity contribution in [3.05, 3.63) is 113 Å². The third-order valence-electron chi connectivity index (χ3n) is 7.58. The standard InChI is InChI=1S/C13H21O.3C6H5.Sn/c1-9(2)7-13(14)8-12(5,6)10(3)11(13)4;3*1-2-4-6-5-3-1;/h4,10,14H,1,7-8H2,2-3,5-6H3;3*1-5H;/t10-,13-;;;;/m1..../s1. The Hall–Kier alpha value is -2.10. The van der Waals surface area contributed by atoms with Crippen molar-refractivity contribution >= 4 is 29.1 Å². The molecular weight excluding hydrogens is 507 g/mol. The van der Waals surface area contributed by atoms with Crippen molar-refractivity contribution in [1.82, 2.24) is 0 Å². The van der Waals surface area contributed by atoms with Crippen LogP contribution in [-0.4, -0.2) is 29.1 Å². The molecule has 0 bridgehead atoms. The molecule has 0 saturated heterocycles. The van der Waals surface area contributed by atoms with Crippen molar-refractivity contribution in [3.63, 3.8) is 0 Å². The molecule has 1 fully saturated rings. The van der Waals surface area contributed by atoms with Crippen LogP contribution in [0.3, 0.4) is 0 Å². The van der Waals surface area contributed by atoms with E-state index in [9.17, 15) is 5.11 Å². The summed E-state index contributed by atoms with van der Waals surface area (Å²) in [5.41, 5.74) is 1.42. The maximum atomic E-state index is 12.1. The van der Waals surface area contributed by atoms with Crippen LogP contribution in [0.4, 0.5) is 0 Å². The molecule has 0 aromatic heterocycles. The molecule has 1 nitrogen and oxygen atoms in total. The van der Waals surface area contributed by atoms with Gasteiger partial charge in [0.15, 0.2) is 0 Å². The summed E-state index contributed by atoms with van der Waals surface area (Å²) in [7, 11) is 0. The third kappa shape index (κ3) is 4.50. The summed E-state index contributed by atoms with van der Waals surface area (Å²) >= 11 is -3.64. The number of benzene rings is 3. The van der Waals surface area contributed by atoms with E-state index < -0.39 is 24.0 Å². The number of rotatable bonds is 6. The Kier molecular flexibility index (Phi) is 6.75. The molecule has 33 heavy (non-hydrogen) atoms. The number of hydrogen-bond acceptors (Lipinski definition) is 1. The van der Waals surface area contributed by atoms with Crippen molar-refractivity contribution in [3.8, 4) is 0 Å². The summed E-state index contributed by atoms with van der Waals surface area (Å²) in [6.45, 7) is 13.1. The Morgan fingerprint density at radius 3 is 1.64 bits per heavy atom. The van der Waals surface area contributed by atoms with Crippen molar-refractivity contribution in [2.45, 2.75) is 46.1 Å². The van der Waals surface area contributed by atoms with Crippen LogP contribution >= 0.6 is 0 Å². The minimum atomic E-state index is -3.64. The first kappa shape index (κ1) is 24.0. The fraction of sp³-hybridized carbons (Fsp3) is 0.290. The first-order chi connectivity index (χ1) is 15.7. The summed E-state index contributed by atoms with van der Waals surface area (Å²) in [4.78, 5) is 0. The van der Waals surface area contributed by atoms with Gasteiger partial charge in [-0.2, -0.15) is 0 Å². The topological polar surface area (TPSA) is 20.2 Å². The van der Waals surface area contributed by atoms with Gasteiger partial charge < -0.3 is 0 Å². The van der Waals surface area contributed by atoms with Crippen LogP contribution in [0, 0.1) is 11.3 Å². The van der Waals surface area contributed by atoms with Gasteiger partial charge in [-0.1, -0.05) is 0 Å². The van der Waals surface area contributed by atoms with Crippen molar-refractivity contribution in [1.29, 1.82) is 0 Å². The molecule has 0 amide bonds. The van der Waals surface area contributed by atoms with Gasteiger partial charge in [-0.05, 0) is 0 Å². The van der Waals surface area contributed by atoms with E-state index in [0.29, 0.717) is 6.42 Å². The molecule has 0 heterocycles. The van der Waals surface area contributed by atoms with Gasteiger partial charge in [-0.25, -0.2) is 0 Å². The van der Waals surface area contributed by atoms with E-state index in [2.05, 4.69) is 122 Å². The van der Waals surface area contributed by atoms with E-state index in [1.807, 2.05) is 6.92 Å². The van der Waals surface area contributed by atoms with Gasteiger partial charge in [0.05, 0.1) is 0 Å². The van der Waals surface area contributed by atoms with Crippen LogP contribution in [0.2, 0.25) is 0 Å². The van der Waals surface area contributed by atoms with E-state index in [1.54, 1.807) is 0 Å².